The number of fused-ring (bicyclic) bond motifs is 1. The van der Waals surface area contributed by atoms with Gasteiger partial charge in [-0.05, 0) is 50.4 Å². The molecular weight excluding hydrogens is 398 g/mol. The number of ether oxygens (including phenoxy) is 1. The minimum atomic E-state index is -0.584. The number of nitrogens with two attached hydrogens (primary N) is 1. The van der Waals surface area contributed by atoms with Gasteiger partial charge in [0.2, 0.25) is 5.91 Å². The molecular formula is C22H31N5O2S. The molecule has 1 saturated heterocycles. The van der Waals surface area contributed by atoms with E-state index in [0.717, 1.165) is 55.2 Å². The molecule has 1 fully saturated rings. The van der Waals surface area contributed by atoms with E-state index in [9.17, 15) is 4.79 Å². The van der Waals surface area contributed by atoms with E-state index in [1.807, 2.05) is 29.2 Å². The fraction of sp³-hybridized carbons (Fsp3) is 0.545. The highest BCUT2D eigenvalue weighted by Crippen LogP contribution is 2.37. The van der Waals surface area contributed by atoms with Gasteiger partial charge in [-0.1, -0.05) is 12.1 Å². The number of amides is 1. The van der Waals surface area contributed by atoms with Gasteiger partial charge in [0.25, 0.3) is 0 Å². The molecule has 2 unspecified atom stereocenters. The standard InChI is InChI=1S/C22H31N5O2S/c1-29-20-5-3-2-4-16(20)18-13-26-10-11-27(22(28)17(23)14-30)19(21(26)25-18)12-15-6-8-24-9-7-15/h2-5,13,15,17,19,24,30H,6-12,14,23H2,1H3. The zero-order chi connectivity index (χ0) is 21.1. The van der Waals surface area contributed by atoms with Gasteiger partial charge in [0.1, 0.15) is 11.6 Å². The summed E-state index contributed by atoms with van der Waals surface area (Å²) in [6.45, 7) is 3.42. The number of piperidine rings is 1. The molecule has 7 nitrogen and oxygen atoms in total. The summed E-state index contributed by atoms with van der Waals surface area (Å²) in [5, 5.41) is 3.43. The molecule has 1 aromatic heterocycles. The predicted octanol–water partition coefficient (Wildman–Crippen LogP) is 2.09. The Morgan fingerprint density at radius 2 is 2.10 bits per heavy atom. The van der Waals surface area contributed by atoms with Crippen LogP contribution in [-0.2, 0) is 11.3 Å². The molecule has 0 radical (unpaired) electrons. The number of aromatic nitrogens is 2. The normalized spacial score (nSPS) is 20.6. The van der Waals surface area contributed by atoms with E-state index in [1.165, 1.54) is 0 Å². The second-order valence-electron chi connectivity index (χ2n) is 8.14. The lowest BCUT2D eigenvalue weighted by Gasteiger charge is -2.39. The second kappa shape index (κ2) is 9.41. The first-order valence-corrected chi connectivity index (χ1v) is 11.3. The third kappa shape index (κ3) is 4.22. The zero-order valence-electron chi connectivity index (χ0n) is 17.5. The number of hydrogen-bond acceptors (Lipinski definition) is 6. The summed E-state index contributed by atoms with van der Waals surface area (Å²) in [7, 11) is 1.67. The Bertz CT molecular complexity index is 880. The molecule has 0 spiro atoms. The predicted molar refractivity (Wildman–Crippen MR) is 121 cm³/mol. The second-order valence-corrected chi connectivity index (χ2v) is 8.51. The van der Waals surface area contributed by atoms with Gasteiger partial charge in [-0.15, -0.1) is 0 Å². The Balaban J connectivity index is 1.69. The monoisotopic (exact) mass is 429 g/mol. The van der Waals surface area contributed by atoms with Crippen molar-refractivity contribution >= 4 is 18.5 Å². The molecule has 30 heavy (non-hydrogen) atoms. The van der Waals surface area contributed by atoms with Crippen molar-refractivity contribution in [2.75, 3.05) is 32.5 Å². The Morgan fingerprint density at radius 3 is 2.83 bits per heavy atom. The van der Waals surface area contributed by atoms with E-state index in [-0.39, 0.29) is 11.9 Å². The summed E-state index contributed by atoms with van der Waals surface area (Å²) in [5.41, 5.74) is 7.92. The summed E-state index contributed by atoms with van der Waals surface area (Å²) in [4.78, 5) is 20.0. The van der Waals surface area contributed by atoms with Crippen LogP contribution in [0.5, 0.6) is 5.75 Å². The van der Waals surface area contributed by atoms with Gasteiger partial charge < -0.3 is 25.3 Å². The van der Waals surface area contributed by atoms with E-state index in [4.69, 9.17) is 15.5 Å². The number of para-hydroxylation sites is 1. The van der Waals surface area contributed by atoms with Crippen LogP contribution in [-0.4, -0.2) is 58.9 Å². The largest absolute Gasteiger partial charge is 0.496 e. The van der Waals surface area contributed by atoms with E-state index < -0.39 is 6.04 Å². The summed E-state index contributed by atoms with van der Waals surface area (Å²) >= 11 is 4.25. The number of rotatable bonds is 6. The van der Waals surface area contributed by atoms with Crippen LogP contribution in [0.2, 0.25) is 0 Å². The maximum Gasteiger partial charge on any atom is 0.241 e. The molecule has 8 heteroatoms. The van der Waals surface area contributed by atoms with Crippen molar-refractivity contribution in [2.24, 2.45) is 11.7 Å². The van der Waals surface area contributed by atoms with Crippen LogP contribution >= 0.6 is 12.6 Å². The molecule has 3 heterocycles. The lowest BCUT2D eigenvalue weighted by Crippen LogP contribution is -2.50. The van der Waals surface area contributed by atoms with Crippen molar-refractivity contribution in [3.63, 3.8) is 0 Å². The van der Waals surface area contributed by atoms with E-state index in [1.54, 1.807) is 7.11 Å². The Hall–Kier alpha value is -2.03. The van der Waals surface area contributed by atoms with Crippen LogP contribution in [0.25, 0.3) is 11.3 Å². The number of methoxy groups -OCH3 is 1. The first-order chi connectivity index (χ1) is 14.6. The highest BCUT2D eigenvalue weighted by Gasteiger charge is 2.36. The number of nitrogens with zero attached hydrogens (tertiary/aromatic N) is 3. The number of nitrogens with one attached hydrogen (secondary N) is 1. The third-order valence-corrected chi connectivity index (χ3v) is 6.65. The molecule has 1 amide bonds. The average molecular weight is 430 g/mol. The molecule has 4 rings (SSSR count). The Labute approximate surface area is 183 Å². The smallest absolute Gasteiger partial charge is 0.241 e. The van der Waals surface area contributed by atoms with Crippen LogP contribution in [0, 0.1) is 5.92 Å². The van der Waals surface area contributed by atoms with E-state index >= 15 is 0 Å². The highest BCUT2D eigenvalue weighted by atomic mass is 32.1. The number of imidazole rings is 1. The van der Waals surface area contributed by atoms with Gasteiger partial charge in [0, 0.05) is 30.6 Å². The summed E-state index contributed by atoms with van der Waals surface area (Å²) < 4.78 is 7.74. The van der Waals surface area contributed by atoms with E-state index in [0.29, 0.717) is 24.8 Å². The lowest BCUT2D eigenvalue weighted by molar-refractivity contribution is -0.136. The maximum absolute atomic E-state index is 13.1. The van der Waals surface area contributed by atoms with E-state index in [2.05, 4.69) is 28.7 Å². The topological polar surface area (TPSA) is 85.4 Å². The fourth-order valence-electron chi connectivity index (χ4n) is 4.59. The Kier molecular flexibility index (Phi) is 6.65. The minimum Gasteiger partial charge on any atom is -0.496 e. The van der Waals surface area contributed by atoms with Crippen molar-refractivity contribution in [3.8, 4) is 17.0 Å². The quantitative estimate of drug-likeness (QED) is 0.613. The van der Waals surface area contributed by atoms with Crippen molar-refractivity contribution < 1.29 is 9.53 Å². The van der Waals surface area contributed by atoms with Crippen molar-refractivity contribution in [2.45, 2.75) is 37.9 Å². The first kappa shape index (κ1) is 21.2. The molecule has 1 aromatic carbocycles. The maximum atomic E-state index is 13.1. The van der Waals surface area contributed by atoms with Crippen LogP contribution in [0.4, 0.5) is 0 Å². The van der Waals surface area contributed by atoms with Crippen molar-refractivity contribution in [1.29, 1.82) is 0 Å². The first-order valence-electron chi connectivity index (χ1n) is 10.7. The van der Waals surface area contributed by atoms with Gasteiger partial charge in [-0.3, -0.25) is 4.79 Å². The lowest BCUT2D eigenvalue weighted by atomic mass is 9.89. The fourth-order valence-corrected chi connectivity index (χ4v) is 4.75. The van der Waals surface area contributed by atoms with Crippen molar-refractivity contribution in [3.05, 3.63) is 36.3 Å². The highest BCUT2D eigenvalue weighted by molar-refractivity contribution is 7.80. The van der Waals surface area contributed by atoms with Crippen molar-refractivity contribution in [1.82, 2.24) is 19.8 Å². The number of carbonyl (C=O) groups excluding carboxylic acids is 1. The number of hydrogen-bond donors (Lipinski definition) is 3. The Morgan fingerprint density at radius 1 is 1.33 bits per heavy atom. The average Bonchev–Trinajstić information content (AvgIpc) is 3.23. The number of thiol groups is 1. The summed E-state index contributed by atoms with van der Waals surface area (Å²) in [6.07, 6.45) is 5.24. The number of benzene rings is 1. The third-order valence-electron chi connectivity index (χ3n) is 6.26. The van der Waals surface area contributed by atoms with Gasteiger partial charge in [0.05, 0.1) is 24.9 Å². The van der Waals surface area contributed by atoms with Crippen LogP contribution in [0.15, 0.2) is 30.5 Å². The van der Waals surface area contributed by atoms with Gasteiger partial charge in [0.15, 0.2) is 0 Å². The molecule has 0 aliphatic carbocycles. The molecule has 2 atom stereocenters. The van der Waals surface area contributed by atoms with Crippen LogP contribution < -0.4 is 15.8 Å². The van der Waals surface area contributed by atoms with Crippen LogP contribution in [0.3, 0.4) is 0 Å². The van der Waals surface area contributed by atoms with Gasteiger partial charge >= 0.3 is 0 Å². The molecule has 162 valence electrons. The molecule has 0 saturated carbocycles. The number of carbonyl (C=O) groups is 1. The molecule has 2 aliphatic rings. The molecule has 2 aliphatic heterocycles. The van der Waals surface area contributed by atoms with Gasteiger partial charge in [-0.25, -0.2) is 4.98 Å². The molecule has 3 N–H and O–H groups in total. The zero-order valence-corrected chi connectivity index (χ0v) is 18.4. The molecule has 2 aromatic rings. The summed E-state index contributed by atoms with van der Waals surface area (Å²) in [6, 6.07) is 7.26. The van der Waals surface area contributed by atoms with Gasteiger partial charge in [-0.2, -0.15) is 12.6 Å². The molecule has 0 bridgehead atoms. The SMILES string of the molecule is COc1ccccc1-c1cn2c(n1)C(CC1CCNCC1)N(C(=O)C(N)CS)CC2. The van der Waals surface area contributed by atoms with Crippen LogP contribution in [0.1, 0.15) is 31.1 Å². The minimum absolute atomic E-state index is 0.0305. The summed E-state index contributed by atoms with van der Waals surface area (Å²) in [5.74, 6) is 2.62.